The van der Waals surface area contributed by atoms with Crippen molar-refractivity contribution in [1.82, 2.24) is 19.5 Å². The molecule has 0 spiro atoms. The third kappa shape index (κ3) is 2.98. The summed E-state index contributed by atoms with van der Waals surface area (Å²) in [6.45, 7) is 6.30. The van der Waals surface area contributed by atoms with E-state index in [0.29, 0.717) is 17.0 Å². The van der Waals surface area contributed by atoms with Crippen molar-refractivity contribution in [3.8, 4) is 11.5 Å². The SMILES string of the molecule is CCCc1nc(-c2cncn2C(C)C)nc(Cl)c1Br. The van der Waals surface area contributed by atoms with Crippen LogP contribution in [0.3, 0.4) is 0 Å². The van der Waals surface area contributed by atoms with E-state index in [0.717, 1.165) is 28.7 Å². The van der Waals surface area contributed by atoms with Gasteiger partial charge < -0.3 is 4.57 Å². The summed E-state index contributed by atoms with van der Waals surface area (Å²) in [4.78, 5) is 13.1. The van der Waals surface area contributed by atoms with Gasteiger partial charge in [-0.25, -0.2) is 15.0 Å². The third-order valence-corrected chi connectivity index (χ3v) is 4.15. The van der Waals surface area contributed by atoms with E-state index in [4.69, 9.17) is 11.6 Å². The van der Waals surface area contributed by atoms with Crippen molar-refractivity contribution in [1.29, 1.82) is 0 Å². The number of aryl methyl sites for hydroxylation is 1. The molecule has 0 aliphatic rings. The molecule has 0 fully saturated rings. The summed E-state index contributed by atoms with van der Waals surface area (Å²) < 4.78 is 2.82. The fourth-order valence-corrected chi connectivity index (χ4v) is 2.43. The normalized spacial score (nSPS) is 11.3. The van der Waals surface area contributed by atoms with Crippen LogP contribution in [0.1, 0.15) is 38.9 Å². The number of imidazole rings is 1. The highest BCUT2D eigenvalue weighted by Gasteiger charge is 2.15. The van der Waals surface area contributed by atoms with E-state index < -0.39 is 0 Å². The van der Waals surface area contributed by atoms with Gasteiger partial charge in [0.25, 0.3) is 0 Å². The van der Waals surface area contributed by atoms with Crippen molar-refractivity contribution in [2.24, 2.45) is 0 Å². The maximum Gasteiger partial charge on any atom is 0.179 e. The Hall–Kier alpha value is -0.940. The fraction of sp³-hybridized carbons (Fsp3) is 0.462. The first-order valence-electron chi connectivity index (χ1n) is 6.28. The molecule has 0 amide bonds. The standard InChI is InChI=1S/C13H16BrClN4/c1-4-5-9-11(14)12(15)18-13(17-9)10-6-16-7-19(10)8(2)3/h6-8H,4-5H2,1-3H3. The molecule has 0 aliphatic carbocycles. The summed E-state index contributed by atoms with van der Waals surface area (Å²) in [5.74, 6) is 0.628. The lowest BCUT2D eigenvalue weighted by Crippen LogP contribution is -2.05. The summed E-state index contributed by atoms with van der Waals surface area (Å²) >= 11 is 9.62. The molecule has 2 aromatic heterocycles. The Balaban J connectivity index is 2.53. The van der Waals surface area contributed by atoms with Crippen LogP contribution in [0.2, 0.25) is 5.15 Å². The van der Waals surface area contributed by atoms with Gasteiger partial charge in [-0.15, -0.1) is 0 Å². The Labute approximate surface area is 126 Å². The highest BCUT2D eigenvalue weighted by atomic mass is 79.9. The molecule has 0 aliphatic heterocycles. The first-order valence-corrected chi connectivity index (χ1v) is 7.45. The van der Waals surface area contributed by atoms with Crippen LogP contribution in [0, 0.1) is 0 Å². The van der Waals surface area contributed by atoms with Crippen LogP contribution in [0.5, 0.6) is 0 Å². The predicted octanol–water partition coefficient (Wildman–Crippen LogP) is 4.29. The first-order chi connectivity index (χ1) is 9.04. The van der Waals surface area contributed by atoms with E-state index in [1.54, 1.807) is 12.5 Å². The van der Waals surface area contributed by atoms with Gasteiger partial charge in [0, 0.05) is 6.04 Å². The van der Waals surface area contributed by atoms with Gasteiger partial charge in [0.1, 0.15) is 10.8 Å². The molecule has 0 atom stereocenters. The molecular weight excluding hydrogens is 328 g/mol. The van der Waals surface area contributed by atoms with Gasteiger partial charge in [-0.2, -0.15) is 0 Å². The van der Waals surface area contributed by atoms with Gasteiger partial charge >= 0.3 is 0 Å². The van der Waals surface area contributed by atoms with E-state index in [2.05, 4.69) is 51.7 Å². The Morgan fingerprint density at radius 2 is 2.11 bits per heavy atom. The molecule has 6 heteroatoms. The largest absolute Gasteiger partial charge is 0.325 e. The number of nitrogens with zero attached hydrogens (tertiary/aromatic N) is 4. The zero-order valence-electron chi connectivity index (χ0n) is 11.2. The van der Waals surface area contributed by atoms with Crippen LogP contribution in [-0.4, -0.2) is 19.5 Å². The lowest BCUT2D eigenvalue weighted by Gasteiger charge is -2.12. The van der Waals surface area contributed by atoms with Gasteiger partial charge in [-0.3, -0.25) is 0 Å². The Bertz CT molecular complexity index is 580. The molecular formula is C13H16BrClN4. The van der Waals surface area contributed by atoms with Crippen molar-refractivity contribution in [2.45, 2.75) is 39.7 Å². The molecule has 102 valence electrons. The van der Waals surface area contributed by atoms with Crippen LogP contribution in [-0.2, 0) is 6.42 Å². The molecule has 0 saturated carbocycles. The second kappa shape index (κ2) is 6.01. The zero-order chi connectivity index (χ0) is 14.0. The number of hydrogen-bond acceptors (Lipinski definition) is 3. The molecule has 4 nitrogen and oxygen atoms in total. The molecule has 2 aromatic rings. The minimum absolute atomic E-state index is 0.304. The Morgan fingerprint density at radius 1 is 1.37 bits per heavy atom. The molecule has 2 heterocycles. The van der Waals surface area contributed by atoms with E-state index in [1.165, 1.54) is 0 Å². The summed E-state index contributed by atoms with van der Waals surface area (Å²) in [5.41, 5.74) is 1.83. The monoisotopic (exact) mass is 342 g/mol. The quantitative estimate of drug-likeness (QED) is 0.778. The maximum absolute atomic E-state index is 6.18. The summed E-state index contributed by atoms with van der Waals surface area (Å²) in [5, 5.41) is 0.449. The zero-order valence-corrected chi connectivity index (χ0v) is 13.5. The molecule has 0 N–H and O–H groups in total. The van der Waals surface area contributed by atoms with Gasteiger partial charge in [-0.05, 0) is 36.2 Å². The van der Waals surface area contributed by atoms with Crippen LogP contribution in [0.4, 0.5) is 0 Å². The van der Waals surface area contributed by atoms with Crippen LogP contribution >= 0.6 is 27.5 Å². The van der Waals surface area contributed by atoms with Crippen molar-refractivity contribution in [3.05, 3.63) is 27.8 Å². The summed E-state index contributed by atoms with van der Waals surface area (Å²) in [6.07, 6.45) is 5.44. The predicted molar refractivity (Wildman–Crippen MR) is 80.3 cm³/mol. The minimum Gasteiger partial charge on any atom is -0.325 e. The van der Waals surface area contributed by atoms with Crippen LogP contribution in [0.15, 0.2) is 17.0 Å². The van der Waals surface area contributed by atoms with Gasteiger partial charge in [-0.1, -0.05) is 24.9 Å². The maximum atomic E-state index is 6.18. The van der Waals surface area contributed by atoms with Crippen molar-refractivity contribution in [3.63, 3.8) is 0 Å². The average Bonchev–Trinajstić information content (AvgIpc) is 2.84. The second-order valence-electron chi connectivity index (χ2n) is 4.63. The second-order valence-corrected chi connectivity index (χ2v) is 5.78. The lowest BCUT2D eigenvalue weighted by molar-refractivity contribution is 0.603. The molecule has 0 bridgehead atoms. The van der Waals surface area contributed by atoms with E-state index in [9.17, 15) is 0 Å². The average molecular weight is 344 g/mol. The molecule has 19 heavy (non-hydrogen) atoms. The van der Waals surface area contributed by atoms with Crippen molar-refractivity contribution < 1.29 is 0 Å². The smallest absolute Gasteiger partial charge is 0.179 e. The molecule has 0 saturated heterocycles. The van der Waals surface area contributed by atoms with E-state index in [1.807, 2.05) is 4.57 Å². The minimum atomic E-state index is 0.304. The topological polar surface area (TPSA) is 43.6 Å². The highest BCUT2D eigenvalue weighted by molar-refractivity contribution is 9.10. The van der Waals surface area contributed by atoms with Crippen molar-refractivity contribution >= 4 is 27.5 Å². The van der Waals surface area contributed by atoms with E-state index in [-0.39, 0.29) is 0 Å². The molecule has 0 aromatic carbocycles. The van der Waals surface area contributed by atoms with Gasteiger partial charge in [0.2, 0.25) is 0 Å². The van der Waals surface area contributed by atoms with E-state index >= 15 is 0 Å². The fourth-order valence-electron chi connectivity index (χ4n) is 1.87. The molecule has 0 radical (unpaired) electrons. The van der Waals surface area contributed by atoms with Crippen molar-refractivity contribution in [2.75, 3.05) is 0 Å². The highest BCUT2D eigenvalue weighted by Crippen LogP contribution is 2.28. The van der Waals surface area contributed by atoms with Gasteiger partial charge in [0.05, 0.1) is 22.7 Å². The van der Waals surface area contributed by atoms with Gasteiger partial charge in [0.15, 0.2) is 5.82 Å². The number of hydrogen-bond donors (Lipinski definition) is 0. The summed E-state index contributed by atoms with van der Waals surface area (Å²) in [6, 6.07) is 0.304. The van der Waals surface area contributed by atoms with Crippen LogP contribution in [0.25, 0.3) is 11.5 Å². The Kier molecular flexibility index (Phi) is 4.58. The number of halogens is 2. The first kappa shape index (κ1) is 14.5. The molecule has 0 unspecified atom stereocenters. The number of rotatable bonds is 4. The third-order valence-electron chi connectivity index (χ3n) is 2.82. The Morgan fingerprint density at radius 3 is 2.74 bits per heavy atom. The van der Waals surface area contributed by atoms with Crippen LogP contribution < -0.4 is 0 Å². The lowest BCUT2D eigenvalue weighted by atomic mass is 10.2. The summed E-state index contributed by atoms with van der Waals surface area (Å²) in [7, 11) is 0. The number of aromatic nitrogens is 4. The molecule has 2 rings (SSSR count).